The largest absolute Gasteiger partial charge is 0.398 e. The predicted octanol–water partition coefficient (Wildman–Crippen LogP) is 7.50. The number of carbonyl (C=O) groups excluding carboxylic acids is 1. The molecule has 0 spiro atoms. The minimum atomic E-state index is -0.240. The first-order valence-corrected chi connectivity index (χ1v) is 11.6. The van der Waals surface area contributed by atoms with E-state index in [1.807, 2.05) is 62.4 Å². The molecule has 0 saturated heterocycles. The summed E-state index contributed by atoms with van der Waals surface area (Å²) in [6.45, 7) is 6.54. The van der Waals surface area contributed by atoms with Gasteiger partial charge in [0.05, 0.1) is 12.2 Å². The third-order valence-electron chi connectivity index (χ3n) is 5.62. The summed E-state index contributed by atoms with van der Waals surface area (Å²) in [6.07, 6.45) is 2.31. The van der Waals surface area contributed by atoms with E-state index in [4.69, 9.17) is 28.9 Å². The Balaban J connectivity index is 2.01. The summed E-state index contributed by atoms with van der Waals surface area (Å²) in [6, 6.07) is 17.1. The third-order valence-corrected chi connectivity index (χ3v) is 6.21. The first-order valence-electron chi connectivity index (χ1n) is 10.9. The summed E-state index contributed by atoms with van der Waals surface area (Å²) >= 11 is 12.5. The fourth-order valence-corrected chi connectivity index (χ4v) is 4.24. The second-order valence-corrected chi connectivity index (χ2v) is 8.49. The predicted molar refractivity (Wildman–Crippen MR) is 137 cm³/mol. The quantitative estimate of drug-likeness (QED) is 0.351. The maximum Gasteiger partial charge on any atom is 0.326 e. The molecular formula is C26H29Cl2N3O. The van der Waals surface area contributed by atoms with Crippen molar-refractivity contribution in [2.24, 2.45) is 0 Å². The zero-order chi connectivity index (χ0) is 23.3. The van der Waals surface area contributed by atoms with Crippen molar-refractivity contribution in [2.45, 2.75) is 46.6 Å². The number of nitrogens with two attached hydrogens (primary N) is 1. The van der Waals surface area contributed by atoms with Crippen molar-refractivity contribution in [1.82, 2.24) is 0 Å². The number of benzene rings is 3. The molecule has 0 atom stereocenters. The molecule has 0 fully saturated rings. The Labute approximate surface area is 200 Å². The van der Waals surface area contributed by atoms with E-state index in [0.717, 1.165) is 28.8 Å². The number of rotatable bonds is 7. The molecule has 168 valence electrons. The molecule has 3 N–H and O–H groups in total. The van der Waals surface area contributed by atoms with Gasteiger partial charge < -0.3 is 11.1 Å². The zero-order valence-corrected chi connectivity index (χ0v) is 20.2. The highest BCUT2D eigenvalue weighted by molar-refractivity contribution is 6.32. The van der Waals surface area contributed by atoms with Crippen molar-refractivity contribution in [3.05, 3.63) is 86.9 Å². The molecule has 0 heterocycles. The summed E-state index contributed by atoms with van der Waals surface area (Å²) in [7, 11) is 0. The lowest BCUT2D eigenvalue weighted by atomic mass is 10.0. The first kappa shape index (κ1) is 24.0. The van der Waals surface area contributed by atoms with E-state index in [2.05, 4.69) is 12.2 Å². The number of amides is 2. The van der Waals surface area contributed by atoms with Gasteiger partial charge >= 0.3 is 6.03 Å². The Morgan fingerprint density at radius 3 is 2.03 bits per heavy atom. The van der Waals surface area contributed by atoms with Crippen LogP contribution in [0.5, 0.6) is 0 Å². The maximum absolute atomic E-state index is 13.6. The summed E-state index contributed by atoms with van der Waals surface area (Å²) in [4.78, 5) is 15.3. The minimum Gasteiger partial charge on any atom is -0.398 e. The smallest absolute Gasteiger partial charge is 0.326 e. The van der Waals surface area contributed by atoms with Gasteiger partial charge in [-0.05, 0) is 71.8 Å². The van der Waals surface area contributed by atoms with E-state index in [0.29, 0.717) is 40.8 Å². The number of nitrogens with one attached hydrogen (secondary N) is 1. The van der Waals surface area contributed by atoms with Gasteiger partial charge in [-0.2, -0.15) is 0 Å². The topological polar surface area (TPSA) is 58.4 Å². The molecule has 0 aliphatic carbocycles. The number of hydrogen-bond acceptors (Lipinski definition) is 2. The third kappa shape index (κ3) is 5.37. The number of hydrogen-bond donors (Lipinski definition) is 2. The van der Waals surface area contributed by atoms with Crippen molar-refractivity contribution < 1.29 is 4.79 Å². The van der Waals surface area contributed by atoms with Gasteiger partial charge in [0.1, 0.15) is 0 Å². The van der Waals surface area contributed by atoms with Gasteiger partial charge in [0.15, 0.2) is 0 Å². The summed E-state index contributed by atoms with van der Waals surface area (Å²) in [5.74, 6) is 0. The van der Waals surface area contributed by atoms with Crippen LogP contribution in [-0.4, -0.2) is 6.03 Å². The summed E-state index contributed by atoms with van der Waals surface area (Å²) < 4.78 is 0. The van der Waals surface area contributed by atoms with Gasteiger partial charge in [0.2, 0.25) is 0 Å². The average molecular weight is 470 g/mol. The van der Waals surface area contributed by atoms with Crippen LogP contribution in [0, 0.1) is 0 Å². The number of urea groups is 1. The van der Waals surface area contributed by atoms with Crippen molar-refractivity contribution in [1.29, 1.82) is 0 Å². The second kappa shape index (κ2) is 10.8. The second-order valence-electron chi connectivity index (χ2n) is 7.65. The summed E-state index contributed by atoms with van der Waals surface area (Å²) in [5.41, 5.74) is 12.3. The number of nitrogens with zero attached hydrogens (tertiary/aromatic N) is 1. The lowest BCUT2D eigenvalue weighted by Crippen LogP contribution is -2.35. The molecule has 0 aromatic heterocycles. The number of carbonyl (C=O) groups is 1. The van der Waals surface area contributed by atoms with Crippen LogP contribution < -0.4 is 16.0 Å². The highest BCUT2D eigenvalue weighted by Crippen LogP contribution is 2.34. The molecule has 3 aromatic rings. The molecular weight excluding hydrogens is 441 g/mol. The molecule has 0 radical (unpaired) electrons. The van der Waals surface area contributed by atoms with Crippen LogP contribution in [0.4, 0.5) is 21.9 Å². The van der Waals surface area contributed by atoms with E-state index in [-0.39, 0.29) is 6.03 Å². The number of anilines is 3. The van der Waals surface area contributed by atoms with Crippen LogP contribution in [0.1, 0.15) is 43.0 Å². The molecule has 2 amide bonds. The van der Waals surface area contributed by atoms with Gasteiger partial charge in [-0.25, -0.2) is 4.79 Å². The Bertz CT molecular complexity index is 1050. The van der Waals surface area contributed by atoms with Gasteiger partial charge in [0, 0.05) is 21.4 Å². The number of halogens is 2. The Hall–Kier alpha value is -2.69. The normalized spacial score (nSPS) is 10.8. The van der Waals surface area contributed by atoms with Crippen molar-refractivity contribution >= 4 is 46.3 Å². The van der Waals surface area contributed by atoms with Crippen molar-refractivity contribution in [3.63, 3.8) is 0 Å². The van der Waals surface area contributed by atoms with Crippen molar-refractivity contribution in [2.75, 3.05) is 16.0 Å². The van der Waals surface area contributed by atoms with Gasteiger partial charge in [-0.15, -0.1) is 0 Å². The number of aryl methyl sites for hydroxylation is 1. The lowest BCUT2D eigenvalue weighted by Gasteiger charge is -2.26. The molecule has 3 aromatic carbocycles. The Morgan fingerprint density at radius 1 is 0.875 bits per heavy atom. The van der Waals surface area contributed by atoms with Gasteiger partial charge in [-0.1, -0.05) is 68.2 Å². The van der Waals surface area contributed by atoms with E-state index in [9.17, 15) is 4.79 Å². The fraction of sp³-hybridized carbons (Fsp3) is 0.269. The Kier molecular flexibility index (Phi) is 8.05. The lowest BCUT2D eigenvalue weighted by molar-refractivity contribution is 0.256. The summed E-state index contributed by atoms with van der Waals surface area (Å²) in [5, 5.41) is 4.34. The van der Waals surface area contributed by atoms with Crippen LogP contribution in [0.2, 0.25) is 10.0 Å². The van der Waals surface area contributed by atoms with Crippen LogP contribution >= 0.6 is 23.2 Å². The highest BCUT2D eigenvalue weighted by atomic mass is 35.5. The molecule has 3 rings (SSSR count). The molecule has 0 aliphatic rings. The van der Waals surface area contributed by atoms with Crippen LogP contribution in [0.3, 0.4) is 0 Å². The Morgan fingerprint density at radius 2 is 1.47 bits per heavy atom. The fourth-order valence-electron chi connectivity index (χ4n) is 3.77. The number of nitrogen functional groups attached to an aromatic ring is 1. The average Bonchev–Trinajstić information content (AvgIpc) is 2.79. The molecule has 0 unspecified atom stereocenters. The van der Waals surface area contributed by atoms with E-state index < -0.39 is 0 Å². The molecule has 0 saturated carbocycles. The standard InChI is InChI=1S/C26H29Cl2N3O/c1-4-17-9-13-20(14-10-17)31(16-18-7-11-19(27)12-8-18)26(32)30-25-21(5-2)23(28)15-24(29)22(25)6-3/h7-15H,4-6,16,29H2,1-3H3,(H,30,32). The zero-order valence-electron chi connectivity index (χ0n) is 18.7. The van der Waals surface area contributed by atoms with Crippen molar-refractivity contribution in [3.8, 4) is 0 Å². The van der Waals surface area contributed by atoms with E-state index in [1.165, 1.54) is 5.56 Å². The molecule has 0 bridgehead atoms. The molecule has 4 nitrogen and oxygen atoms in total. The minimum absolute atomic E-state index is 0.240. The molecule has 32 heavy (non-hydrogen) atoms. The van der Waals surface area contributed by atoms with Gasteiger partial charge in [-0.3, -0.25) is 4.90 Å². The van der Waals surface area contributed by atoms with Gasteiger partial charge in [0.25, 0.3) is 0 Å². The van der Waals surface area contributed by atoms with E-state index >= 15 is 0 Å². The maximum atomic E-state index is 13.6. The van der Waals surface area contributed by atoms with Crippen LogP contribution in [0.15, 0.2) is 54.6 Å². The van der Waals surface area contributed by atoms with E-state index in [1.54, 1.807) is 11.0 Å². The highest BCUT2D eigenvalue weighted by Gasteiger charge is 2.21. The monoisotopic (exact) mass is 469 g/mol. The molecule has 0 aliphatic heterocycles. The first-order chi connectivity index (χ1) is 15.4. The van der Waals surface area contributed by atoms with Crippen LogP contribution in [-0.2, 0) is 25.8 Å². The molecule has 6 heteroatoms. The SMILES string of the molecule is CCc1ccc(N(Cc2ccc(Cl)cc2)C(=O)Nc2c(CC)c(N)cc(Cl)c2CC)cc1. The van der Waals surface area contributed by atoms with Crippen LogP contribution in [0.25, 0.3) is 0 Å².